The number of hydrogen-bond donors (Lipinski definition) is 1. The summed E-state index contributed by atoms with van der Waals surface area (Å²) in [6.07, 6.45) is 5.57. The molecule has 2 heteroatoms. The largest absolute Gasteiger partial charge is 0.330 e. The molecule has 0 radical (unpaired) electrons. The van der Waals surface area contributed by atoms with Crippen molar-refractivity contribution in [1.29, 1.82) is 0 Å². The highest BCUT2D eigenvalue weighted by atomic mass is 15.1. The maximum absolute atomic E-state index is 5.66. The third kappa shape index (κ3) is 2.96. The molecule has 0 aromatic heterocycles. The quantitative estimate of drug-likeness (QED) is 0.704. The van der Waals surface area contributed by atoms with Crippen molar-refractivity contribution in [1.82, 2.24) is 4.90 Å². The fraction of sp³-hybridized carbons (Fsp3) is 1.00. The van der Waals surface area contributed by atoms with Gasteiger partial charge in [0.05, 0.1) is 0 Å². The molecule has 2 unspecified atom stereocenters. The Morgan fingerprint density at radius 3 is 2.31 bits per heavy atom. The molecule has 2 N–H and O–H groups in total. The molecule has 0 aromatic rings. The van der Waals surface area contributed by atoms with Crippen molar-refractivity contribution in [2.75, 3.05) is 20.6 Å². The lowest BCUT2D eigenvalue weighted by molar-refractivity contribution is 0.120. The first kappa shape index (κ1) is 11.0. The summed E-state index contributed by atoms with van der Waals surface area (Å²) in [7, 11) is 4.40. The second-order valence-electron chi connectivity index (χ2n) is 4.80. The molecule has 2 nitrogen and oxygen atoms in total. The van der Waals surface area contributed by atoms with Gasteiger partial charge in [0, 0.05) is 6.04 Å². The van der Waals surface area contributed by atoms with Gasteiger partial charge in [0.2, 0.25) is 0 Å². The highest BCUT2D eigenvalue weighted by Gasteiger charge is 2.29. The number of nitrogens with two attached hydrogens (primary N) is 1. The molecule has 0 amide bonds. The summed E-state index contributed by atoms with van der Waals surface area (Å²) < 4.78 is 0. The molecule has 2 atom stereocenters. The van der Waals surface area contributed by atoms with Crippen LogP contribution >= 0.6 is 0 Å². The van der Waals surface area contributed by atoms with E-state index in [4.69, 9.17) is 5.73 Å². The lowest BCUT2D eigenvalue weighted by atomic mass is 9.76. The Bertz CT molecular complexity index is 141. The summed E-state index contributed by atoms with van der Waals surface area (Å²) in [4.78, 5) is 2.38. The molecular formula is C11H24N2. The van der Waals surface area contributed by atoms with Gasteiger partial charge in [0.15, 0.2) is 0 Å². The van der Waals surface area contributed by atoms with E-state index in [1.807, 2.05) is 0 Å². The summed E-state index contributed by atoms with van der Waals surface area (Å²) in [5.74, 6) is 1.62. The minimum absolute atomic E-state index is 0.674. The molecule has 1 rings (SSSR count). The molecule has 0 bridgehead atoms. The molecule has 0 heterocycles. The lowest BCUT2D eigenvalue weighted by Crippen LogP contribution is -2.40. The maximum atomic E-state index is 5.66. The average Bonchev–Trinajstić information content (AvgIpc) is 1.99. The zero-order chi connectivity index (χ0) is 9.84. The third-order valence-corrected chi connectivity index (χ3v) is 3.40. The van der Waals surface area contributed by atoms with Gasteiger partial charge in [-0.1, -0.05) is 13.3 Å². The van der Waals surface area contributed by atoms with Gasteiger partial charge in [0.1, 0.15) is 0 Å². The highest BCUT2D eigenvalue weighted by molar-refractivity contribution is 4.83. The molecule has 13 heavy (non-hydrogen) atoms. The molecule has 1 aliphatic carbocycles. The van der Waals surface area contributed by atoms with Gasteiger partial charge in [-0.15, -0.1) is 0 Å². The number of nitrogens with zero attached hydrogens (tertiary/aromatic N) is 1. The van der Waals surface area contributed by atoms with E-state index in [2.05, 4.69) is 25.9 Å². The second-order valence-corrected chi connectivity index (χ2v) is 4.80. The van der Waals surface area contributed by atoms with Crippen LogP contribution in [-0.2, 0) is 0 Å². The van der Waals surface area contributed by atoms with E-state index in [0.717, 1.165) is 18.5 Å². The maximum Gasteiger partial charge on any atom is 0.0120 e. The molecule has 78 valence electrons. The van der Waals surface area contributed by atoms with Gasteiger partial charge in [0.25, 0.3) is 0 Å². The zero-order valence-corrected chi connectivity index (χ0v) is 9.29. The molecule has 1 saturated carbocycles. The van der Waals surface area contributed by atoms with Crippen LogP contribution in [0.3, 0.4) is 0 Å². The topological polar surface area (TPSA) is 29.3 Å². The standard InChI is InChI=1S/C11H24N2/c1-9(8-12)7-11(13(2)3)10-5-4-6-10/h9-11H,4-8,12H2,1-3H3. The van der Waals surface area contributed by atoms with Crippen molar-refractivity contribution >= 4 is 0 Å². The first-order valence-electron chi connectivity index (χ1n) is 5.51. The Morgan fingerprint density at radius 1 is 1.38 bits per heavy atom. The van der Waals surface area contributed by atoms with Crippen LogP contribution in [0.25, 0.3) is 0 Å². The van der Waals surface area contributed by atoms with Gasteiger partial charge < -0.3 is 10.6 Å². The van der Waals surface area contributed by atoms with Gasteiger partial charge in [-0.25, -0.2) is 0 Å². The fourth-order valence-electron chi connectivity index (χ4n) is 2.16. The van der Waals surface area contributed by atoms with E-state index in [-0.39, 0.29) is 0 Å². The van der Waals surface area contributed by atoms with E-state index in [1.54, 1.807) is 0 Å². The smallest absolute Gasteiger partial charge is 0.0120 e. The first-order valence-corrected chi connectivity index (χ1v) is 5.51. The Labute approximate surface area is 82.5 Å². The SMILES string of the molecule is CC(CN)CC(C1CCC1)N(C)C. The van der Waals surface area contributed by atoms with Crippen LogP contribution in [0.1, 0.15) is 32.6 Å². The predicted molar refractivity (Wildman–Crippen MR) is 57.7 cm³/mol. The Kier molecular flexibility index (Phi) is 4.20. The molecule has 0 spiro atoms. The highest BCUT2D eigenvalue weighted by Crippen LogP contribution is 2.34. The second kappa shape index (κ2) is 4.97. The summed E-state index contributed by atoms with van der Waals surface area (Å²) in [6.45, 7) is 3.09. The van der Waals surface area contributed by atoms with Crippen molar-refractivity contribution in [3.8, 4) is 0 Å². The van der Waals surface area contributed by atoms with Crippen LogP contribution in [0.5, 0.6) is 0 Å². The number of rotatable bonds is 5. The minimum Gasteiger partial charge on any atom is -0.330 e. The van der Waals surface area contributed by atoms with Gasteiger partial charge >= 0.3 is 0 Å². The average molecular weight is 184 g/mol. The Hall–Kier alpha value is -0.0800. The van der Waals surface area contributed by atoms with Gasteiger partial charge in [-0.3, -0.25) is 0 Å². The van der Waals surface area contributed by atoms with E-state index in [0.29, 0.717) is 5.92 Å². The van der Waals surface area contributed by atoms with Crippen molar-refractivity contribution < 1.29 is 0 Å². The summed E-state index contributed by atoms with van der Waals surface area (Å²) in [5.41, 5.74) is 5.66. The van der Waals surface area contributed by atoms with E-state index >= 15 is 0 Å². The Morgan fingerprint density at radius 2 is 2.00 bits per heavy atom. The minimum atomic E-state index is 0.674. The van der Waals surface area contributed by atoms with Crippen LogP contribution in [0.2, 0.25) is 0 Å². The molecule has 0 aromatic carbocycles. The van der Waals surface area contributed by atoms with Gasteiger partial charge in [-0.2, -0.15) is 0 Å². The molecule has 1 aliphatic rings. The van der Waals surface area contributed by atoms with Gasteiger partial charge in [-0.05, 0) is 51.7 Å². The number of hydrogen-bond acceptors (Lipinski definition) is 2. The molecular weight excluding hydrogens is 160 g/mol. The van der Waals surface area contributed by atoms with E-state index in [9.17, 15) is 0 Å². The summed E-state index contributed by atoms with van der Waals surface area (Å²) in [5, 5.41) is 0. The van der Waals surface area contributed by atoms with Crippen LogP contribution in [0.4, 0.5) is 0 Å². The first-order chi connectivity index (χ1) is 6.15. The lowest BCUT2D eigenvalue weighted by Gasteiger charge is -2.39. The normalized spacial score (nSPS) is 22.8. The fourth-order valence-corrected chi connectivity index (χ4v) is 2.16. The third-order valence-electron chi connectivity index (χ3n) is 3.40. The summed E-state index contributed by atoms with van der Waals surface area (Å²) >= 11 is 0. The Balaban J connectivity index is 2.37. The van der Waals surface area contributed by atoms with E-state index in [1.165, 1.54) is 25.7 Å². The molecule has 1 fully saturated rings. The van der Waals surface area contributed by atoms with Crippen LogP contribution < -0.4 is 5.73 Å². The van der Waals surface area contributed by atoms with Crippen molar-refractivity contribution in [3.05, 3.63) is 0 Å². The van der Waals surface area contributed by atoms with Crippen LogP contribution in [-0.4, -0.2) is 31.6 Å². The molecule has 0 aliphatic heterocycles. The van der Waals surface area contributed by atoms with Crippen LogP contribution in [0, 0.1) is 11.8 Å². The zero-order valence-electron chi connectivity index (χ0n) is 9.29. The van der Waals surface area contributed by atoms with E-state index < -0.39 is 0 Å². The van der Waals surface area contributed by atoms with Crippen molar-refractivity contribution in [2.24, 2.45) is 17.6 Å². The molecule has 0 saturated heterocycles. The summed E-state index contributed by atoms with van der Waals surface area (Å²) in [6, 6.07) is 0.771. The van der Waals surface area contributed by atoms with Crippen molar-refractivity contribution in [3.63, 3.8) is 0 Å². The van der Waals surface area contributed by atoms with Crippen LogP contribution in [0.15, 0.2) is 0 Å². The predicted octanol–water partition coefficient (Wildman–Crippen LogP) is 1.70. The monoisotopic (exact) mass is 184 g/mol. The van der Waals surface area contributed by atoms with Crippen molar-refractivity contribution in [2.45, 2.75) is 38.6 Å².